The first-order valence-corrected chi connectivity index (χ1v) is 7.62. The highest BCUT2D eigenvalue weighted by Crippen LogP contribution is 2.35. The van der Waals surface area contributed by atoms with Crippen LogP contribution in [-0.4, -0.2) is 10.8 Å². The molecule has 1 aromatic heterocycles. The van der Waals surface area contributed by atoms with Crippen LogP contribution in [0.4, 0.5) is 0 Å². The number of hydrogen-bond donors (Lipinski definition) is 0. The van der Waals surface area contributed by atoms with Gasteiger partial charge in [-0.25, -0.2) is 4.98 Å². The van der Waals surface area contributed by atoms with Crippen LogP contribution in [0.1, 0.15) is 28.2 Å². The Kier molecular flexibility index (Phi) is 3.26. The van der Waals surface area contributed by atoms with Gasteiger partial charge in [0.05, 0.1) is 5.02 Å². The van der Waals surface area contributed by atoms with Crippen molar-refractivity contribution in [2.75, 3.05) is 0 Å². The van der Waals surface area contributed by atoms with Crippen molar-refractivity contribution in [2.45, 2.75) is 19.3 Å². The monoisotopic (exact) mass is 341 g/mol. The maximum absolute atomic E-state index is 11.8. The van der Waals surface area contributed by atoms with Gasteiger partial charge in [0, 0.05) is 21.3 Å². The van der Waals surface area contributed by atoms with Crippen LogP contribution in [-0.2, 0) is 6.42 Å². The first-order valence-electron chi connectivity index (χ1n) is 5.63. The summed E-state index contributed by atoms with van der Waals surface area (Å²) >= 11 is 11.0. The smallest absolute Gasteiger partial charge is 0.182 e. The number of benzene rings is 1. The number of rotatable bonds is 1. The van der Waals surface area contributed by atoms with E-state index in [0.29, 0.717) is 17.1 Å². The fourth-order valence-corrected chi connectivity index (χ4v) is 3.63. The average molecular weight is 343 g/mol. The van der Waals surface area contributed by atoms with Gasteiger partial charge in [0.25, 0.3) is 0 Å². The third-order valence-electron chi connectivity index (χ3n) is 2.94. The van der Waals surface area contributed by atoms with Crippen molar-refractivity contribution < 1.29 is 4.79 Å². The molecular formula is C13H9BrClNOS. The number of aryl methyl sites for hydroxylation is 1. The van der Waals surface area contributed by atoms with Crippen molar-refractivity contribution in [1.29, 1.82) is 0 Å². The van der Waals surface area contributed by atoms with E-state index in [1.54, 1.807) is 11.3 Å². The van der Waals surface area contributed by atoms with Crippen LogP contribution in [0.3, 0.4) is 0 Å². The normalized spacial score (nSPS) is 14.7. The molecule has 0 radical (unpaired) electrons. The van der Waals surface area contributed by atoms with Crippen molar-refractivity contribution >= 4 is 44.7 Å². The van der Waals surface area contributed by atoms with E-state index in [9.17, 15) is 4.79 Å². The Morgan fingerprint density at radius 3 is 2.89 bits per heavy atom. The lowest BCUT2D eigenvalue weighted by Crippen LogP contribution is -2.08. The van der Waals surface area contributed by atoms with Crippen molar-refractivity contribution in [3.63, 3.8) is 0 Å². The quantitative estimate of drug-likeness (QED) is 0.749. The van der Waals surface area contributed by atoms with E-state index in [1.807, 2.05) is 18.2 Å². The zero-order valence-electron chi connectivity index (χ0n) is 9.37. The summed E-state index contributed by atoms with van der Waals surface area (Å²) in [5.74, 6) is 0.173. The van der Waals surface area contributed by atoms with Crippen molar-refractivity contribution in [2.24, 2.45) is 0 Å². The molecule has 3 rings (SSSR count). The minimum atomic E-state index is 0.173. The van der Waals surface area contributed by atoms with Crippen LogP contribution in [0.2, 0.25) is 5.02 Å². The first kappa shape index (κ1) is 12.3. The van der Waals surface area contributed by atoms with Crippen LogP contribution < -0.4 is 0 Å². The summed E-state index contributed by atoms with van der Waals surface area (Å²) in [6, 6.07) is 5.71. The Bertz CT molecular complexity index is 638. The number of fused-ring (bicyclic) bond motifs is 1. The molecule has 0 fully saturated rings. The van der Waals surface area contributed by atoms with Gasteiger partial charge >= 0.3 is 0 Å². The van der Waals surface area contributed by atoms with Crippen molar-refractivity contribution in [3.8, 4) is 10.6 Å². The number of carbonyl (C=O) groups is 1. The van der Waals surface area contributed by atoms with E-state index >= 15 is 0 Å². The molecule has 18 heavy (non-hydrogen) atoms. The molecular weight excluding hydrogens is 334 g/mol. The molecule has 5 heteroatoms. The van der Waals surface area contributed by atoms with Crippen LogP contribution in [0, 0.1) is 0 Å². The second-order valence-electron chi connectivity index (χ2n) is 4.20. The molecule has 0 N–H and O–H groups in total. The fraction of sp³-hybridized carbons (Fsp3) is 0.231. The summed E-state index contributed by atoms with van der Waals surface area (Å²) in [6.45, 7) is 0. The molecule has 0 bridgehead atoms. The number of aromatic nitrogens is 1. The van der Waals surface area contributed by atoms with Gasteiger partial charge in [-0.3, -0.25) is 4.79 Å². The summed E-state index contributed by atoms with van der Waals surface area (Å²) in [7, 11) is 0. The Morgan fingerprint density at radius 1 is 1.33 bits per heavy atom. The number of ketones is 1. The number of halogens is 2. The van der Waals surface area contributed by atoms with E-state index in [0.717, 1.165) is 32.8 Å². The first-order chi connectivity index (χ1) is 8.65. The summed E-state index contributed by atoms with van der Waals surface area (Å²) in [6.07, 6.45) is 2.53. The number of nitrogens with zero attached hydrogens (tertiary/aromatic N) is 1. The maximum atomic E-state index is 11.8. The molecule has 0 amide bonds. The highest BCUT2D eigenvalue weighted by Gasteiger charge is 2.22. The molecule has 2 nitrogen and oxygen atoms in total. The molecule has 92 valence electrons. The van der Waals surface area contributed by atoms with Gasteiger partial charge in [-0.1, -0.05) is 17.7 Å². The van der Waals surface area contributed by atoms with E-state index in [4.69, 9.17) is 11.6 Å². The highest BCUT2D eigenvalue weighted by molar-refractivity contribution is 9.10. The van der Waals surface area contributed by atoms with Crippen molar-refractivity contribution in [1.82, 2.24) is 4.98 Å². The highest BCUT2D eigenvalue weighted by atomic mass is 79.9. The Hall–Kier alpha value is -0.710. The zero-order valence-corrected chi connectivity index (χ0v) is 12.5. The molecule has 0 atom stereocenters. The molecule has 1 aliphatic carbocycles. The molecule has 0 aliphatic heterocycles. The minimum absolute atomic E-state index is 0.173. The molecule has 0 saturated carbocycles. The lowest BCUT2D eigenvalue weighted by molar-refractivity contribution is 0.0968. The van der Waals surface area contributed by atoms with Crippen LogP contribution in [0.15, 0.2) is 22.7 Å². The number of hydrogen-bond acceptors (Lipinski definition) is 3. The van der Waals surface area contributed by atoms with Crippen LogP contribution >= 0.6 is 38.9 Å². The predicted molar refractivity (Wildman–Crippen MR) is 77.5 cm³/mol. The van der Waals surface area contributed by atoms with Crippen LogP contribution in [0.25, 0.3) is 10.6 Å². The Morgan fingerprint density at radius 2 is 2.17 bits per heavy atom. The number of Topliss-reactive ketones (excluding diaryl/α,β-unsaturated/α-hetero) is 1. The SMILES string of the molecule is O=C1CCCc2sc(-c3ccc(Cl)c(Br)c3)nc21. The Balaban J connectivity index is 2.07. The van der Waals surface area contributed by atoms with Gasteiger partial charge in [0.2, 0.25) is 0 Å². The minimum Gasteiger partial charge on any atom is -0.292 e. The van der Waals surface area contributed by atoms with Crippen LogP contribution in [0.5, 0.6) is 0 Å². The molecule has 0 spiro atoms. The number of carbonyl (C=O) groups excluding carboxylic acids is 1. The van der Waals surface area contributed by atoms with E-state index in [1.165, 1.54) is 0 Å². The van der Waals surface area contributed by atoms with Gasteiger partial charge in [-0.15, -0.1) is 11.3 Å². The number of thiazole rings is 1. The standard InChI is InChI=1S/C13H9BrClNOS/c14-8-6-7(4-5-9(8)15)13-16-12-10(17)2-1-3-11(12)18-13/h4-6H,1-3H2. The zero-order chi connectivity index (χ0) is 12.7. The average Bonchev–Trinajstić information content (AvgIpc) is 2.78. The third kappa shape index (κ3) is 2.13. The summed E-state index contributed by atoms with van der Waals surface area (Å²) in [5, 5.41) is 1.57. The summed E-state index contributed by atoms with van der Waals surface area (Å²) < 4.78 is 0.848. The topological polar surface area (TPSA) is 30.0 Å². The van der Waals surface area contributed by atoms with Crippen molar-refractivity contribution in [3.05, 3.63) is 38.3 Å². The maximum Gasteiger partial charge on any atom is 0.182 e. The summed E-state index contributed by atoms with van der Waals surface area (Å²) in [4.78, 5) is 17.4. The van der Waals surface area contributed by atoms with E-state index < -0.39 is 0 Å². The molecule has 1 aromatic carbocycles. The van der Waals surface area contributed by atoms with Gasteiger partial charge < -0.3 is 0 Å². The van der Waals surface area contributed by atoms with Gasteiger partial charge in [-0.05, 0) is 40.9 Å². The van der Waals surface area contributed by atoms with Gasteiger partial charge in [0.1, 0.15) is 10.7 Å². The summed E-state index contributed by atoms with van der Waals surface area (Å²) in [5.41, 5.74) is 1.67. The molecule has 0 unspecified atom stereocenters. The fourth-order valence-electron chi connectivity index (χ4n) is 2.02. The lowest BCUT2D eigenvalue weighted by atomic mass is 10.0. The molecule has 2 aromatic rings. The second-order valence-corrected chi connectivity index (χ2v) is 6.54. The van der Waals surface area contributed by atoms with E-state index in [-0.39, 0.29) is 5.78 Å². The predicted octanol–water partition coefficient (Wildman–Crippen LogP) is 4.75. The largest absolute Gasteiger partial charge is 0.292 e. The van der Waals surface area contributed by atoms with E-state index in [2.05, 4.69) is 20.9 Å². The second kappa shape index (κ2) is 4.76. The Labute approximate surface area is 122 Å². The third-order valence-corrected chi connectivity index (χ3v) is 5.31. The molecule has 1 heterocycles. The van der Waals surface area contributed by atoms with Gasteiger partial charge in [0.15, 0.2) is 5.78 Å². The molecule has 0 saturated heterocycles. The lowest BCUT2D eigenvalue weighted by Gasteiger charge is -2.06. The van der Waals surface area contributed by atoms with Gasteiger partial charge in [-0.2, -0.15) is 0 Å². The molecule has 1 aliphatic rings.